The molecule has 3 aromatic rings. The third-order valence-corrected chi connectivity index (χ3v) is 7.16. The van der Waals surface area contributed by atoms with Crippen molar-refractivity contribution in [3.63, 3.8) is 0 Å². The summed E-state index contributed by atoms with van der Waals surface area (Å²) in [6, 6.07) is 16.6. The van der Waals surface area contributed by atoms with Crippen molar-refractivity contribution in [2.45, 2.75) is 18.9 Å². The minimum atomic E-state index is -0.413. The third kappa shape index (κ3) is 4.92. The van der Waals surface area contributed by atoms with E-state index < -0.39 is 6.04 Å². The van der Waals surface area contributed by atoms with Crippen LogP contribution in [0.1, 0.15) is 39.5 Å². The number of carbonyl (C=O) groups is 2. The largest absolute Gasteiger partial charge is 0.494 e. The van der Waals surface area contributed by atoms with E-state index in [1.165, 1.54) is 0 Å². The SMILES string of the molecule is COc1cc2c3cc1OCC(=O)NCCCOc1cccc(c1)C2N(C(=O)c1cccc2c1OCCO2)CC3. The van der Waals surface area contributed by atoms with Gasteiger partial charge in [-0.15, -0.1) is 0 Å². The number of ether oxygens (including phenoxy) is 5. The van der Waals surface area contributed by atoms with Crippen LogP contribution in [0.15, 0.2) is 54.6 Å². The molecule has 39 heavy (non-hydrogen) atoms. The van der Waals surface area contributed by atoms with Gasteiger partial charge in [-0.3, -0.25) is 9.59 Å². The predicted molar refractivity (Wildman–Crippen MR) is 142 cm³/mol. The normalized spacial score (nSPS) is 18.4. The Kier molecular flexibility index (Phi) is 6.87. The Morgan fingerprint density at radius 3 is 2.74 bits per heavy atom. The lowest BCUT2D eigenvalue weighted by molar-refractivity contribution is -0.123. The van der Waals surface area contributed by atoms with E-state index in [1.807, 2.05) is 53.4 Å². The Bertz CT molecular complexity index is 1410. The first-order chi connectivity index (χ1) is 19.1. The molecule has 3 aromatic carbocycles. The maximum absolute atomic E-state index is 14.2. The van der Waals surface area contributed by atoms with Crippen LogP contribution in [0.2, 0.25) is 0 Å². The Morgan fingerprint density at radius 1 is 0.974 bits per heavy atom. The lowest BCUT2D eigenvalue weighted by Gasteiger charge is -2.38. The van der Waals surface area contributed by atoms with Crippen molar-refractivity contribution in [1.82, 2.24) is 10.2 Å². The highest BCUT2D eigenvalue weighted by Gasteiger charge is 2.36. The Hall–Kier alpha value is -4.40. The predicted octanol–water partition coefficient (Wildman–Crippen LogP) is 3.53. The quantitative estimate of drug-likeness (QED) is 0.542. The van der Waals surface area contributed by atoms with Gasteiger partial charge >= 0.3 is 0 Å². The van der Waals surface area contributed by atoms with Crippen LogP contribution in [0.4, 0.5) is 0 Å². The summed E-state index contributed by atoms with van der Waals surface area (Å²) in [7, 11) is 1.57. The smallest absolute Gasteiger partial charge is 0.258 e. The highest BCUT2D eigenvalue weighted by atomic mass is 16.6. The lowest BCUT2D eigenvalue weighted by Crippen LogP contribution is -2.41. The van der Waals surface area contributed by atoms with Crippen LogP contribution in [-0.4, -0.2) is 63.3 Å². The van der Waals surface area contributed by atoms with E-state index in [2.05, 4.69) is 5.32 Å². The van der Waals surface area contributed by atoms with Gasteiger partial charge in [-0.2, -0.15) is 0 Å². The molecule has 0 saturated carbocycles. The van der Waals surface area contributed by atoms with Gasteiger partial charge in [0.2, 0.25) is 0 Å². The van der Waals surface area contributed by atoms with Crippen molar-refractivity contribution >= 4 is 11.8 Å². The molecule has 4 aliphatic rings. The van der Waals surface area contributed by atoms with E-state index in [9.17, 15) is 9.59 Å². The van der Waals surface area contributed by atoms with Gasteiger partial charge in [0, 0.05) is 13.1 Å². The zero-order chi connectivity index (χ0) is 26.8. The summed E-state index contributed by atoms with van der Waals surface area (Å²) in [5.41, 5.74) is 3.33. The average molecular weight is 531 g/mol. The van der Waals surface area contributed by atoms with Crippen molar-refractivity contribution < 1.29 is 33.3 Å². The first-order valence-electron chi connectivity index (χ1n) is 13.1. The van der Waals surface area contributed by atoms with Crippen LogP contribution < -0.4 is 29.0 Å². The molecule has 9 heteroatoms. The van der Waals surface area contributed by atoms with Crippen LogP contribution in [0, 0.1) is 0 Å². The van der Waals surface area contributed by atoms with E-state index in [1.54, 1.807) is 13.2 Å². The highest BCUT2D eigenvalue weighted by Crippen LogP contribution is 2.43. The maximum atomic E-state index is 14.2. The van der Waals surface area contributed by atoms with Crippen molar-refractivity contribution in [3.05, 3.63) is 76.9 Å². The molecule has 1 atom stereocenters. The molecule has 7 rings (SSSR count). The molecule has 0 spiro atoms. The van der Waals surface area contributed by atoms with Crippen LogP contribution >= 0.6 is 0 Å². The first-order valence-corrected chi connectivity index (χ1v) is 13.1. The number of fused-ring (bicyclic) bond motifs is 9. The number of hydrogen-bond acceptors (Lipinski definition) is 7. The fourth-order valence-corrected chi connectivity index (χ4v) is 5.33. The van der Waals surface area contributed by atoms with Gasteiger partial charge in [0.1, 0.15) is 19.0 Å². The number of amides is 2. The van der Waals surface area contributed by atoms with Gasteiger partial charge in [-0.1, -0.05) is 18.2 Å². The second-order valence-electron chi connectivity index (χ2n) is 9.60. The molecule has 0 fully saturated rings. The zero-order valence-electron chi connectivity index (χ0n) is 21.7. The molecular weight excluding hydrogens is 500 g/mol. The zero-order valence-corrected chi connectivity index (χ0v) is 21.7. The minimum Gasteiger partial charge on any atom is -0.494 e. The molecule has 2 amide bonds. The van der Waals surface area contributed by atoms with Crippen LogP contribution in [0.5, 0.6) is 28.7 Å². The third-order valence-electron chi connectivity index (χ3n) is 7.16. The second kappa shape index (κ2) is 10.8. The molecule has 4 aliphatic heterocycles. The monoisotopic (exact) mass is 530 g/mol. The number of rotatable bonds is 2. The summed E-state index contributed by atoms with van der Waals surface area (Å²) in [4.78, 5) is 28.4. The number of nitrogens with zero attached hydrogens (tertiary/aromatic N) is 1. The Labute approximate surface area is 226 Å². The Balaban J connectivity index is 1.47. The number of hydrogen-bond donors (Lipinski definition) is 1. The topological polar surface area (TPSA) is 95.6 Å². The highest BCUT2D eigenvalue weighted by molar-refractivity contribution is 5.98. The molecular formula is C30H30N2O7. The summed E-state index contributed by atoms with van der Waals surface area (Å²) in [5.74, 6) is 2.38. The van der Waals surface area contributed by atoms with Gasteiger partial charge in [0.15, 0.2) is 29.6 Å². The number of benzene rings is 3. The molecule has 0 aromatic heterocycles. The van der Waals surface area contributed by atoms with Crippen LogP contribution in [0.3, 0.4) is 0 Å². The number of methoxy groups -OCH3 is 1. The molecule has 9 nitrogen and oxygen atoms in total. The van der Waals surface area contributed by atoms with Gasteiger partial charge in [-0.25, -0.2) is 0 Å². The van der Waals surface area contributed by atoms with E-state index in [0.29, 0.717) is 80.1 Å². The molecule has 0 aliphatic carbocycles. The van der Waals surface area contributed by atoms with E-state index in [0.717, 1.165) is 16.7 Å². The summed E-state index contributed by atoms with van der Waals surface area (Å²) < 4.78 is 29.2. The molecule has 6 bridgehead atoms. The van der Waals surface area contributed by atoms with Crippen LogP contribution in [0.25, 0.3) is 0 Å². The summed E-state index contributed by atoms with van der Waals surface area (Å²) in [6.45, 7) is 2.10. The standard InChI is InChI=1S/C30H30N2O7/c1-35-25-17-23-19-9-11-32(30(34)22-7-3-8-24-29(22)38-14-13-37-24)28(23)20-5-2-6-21(15-20)36-12-4-10-31-27(33)18-39-26(25)16-19/h2-3,5-8,15-17,28H,4,9-14,18H2,1H3,(H,31,33). The molecule has 1 unspecified atom stereocenters. The molecule has 4 heterocycles. The number of carbonyl (C=O) groups excluding carboxylic acids is 2. The summed E-state index contributed by atoms with van der Waals surface area (Å²) in [5, 5.41) is 2.85. The lowest BCUT2D eigenvalue weighted by atomic mass is 9.87. The van der Waals surface area contributed by atoms with E-state index in [4.69, 9.17) is 23.7 Å². The fraction of sp³-hybridized carbons (Fsp3) is 0.333. The van der Waals surface area contributed by atoms with Gasteiger partial charge in [0.25, 0.3) is 11.8 Å². The minimum absolute atomic E-state index is 0.121. The van der Waals surface area contributed by atoms with E-state index >= 15 is 0 Å². The van der Waals surface area contributed by atoms with Gasteiger partial charge in [0.05, 0.1) is 25.3 Å². The van der Waals surface area contributed by atoms with Crippen molar-refractivity contribution in [2.24, 2.45) is 0 Å². The number of para-hydroxylation sites is 1. The average Bonchev–Trinajstić information content (AvgIpc) is 2.97. The van der Waals surface area contributed by atoms with E-state index in [-0.39, 0.29) is 18.4 Å². The second-order valence-corrected chi connectivity index (χ2v) is 9.60. The summed E-state index contributed by atoms with van der Waals surface area (Å²) in [6.07, 6.45) is 1.25. The van der Waals surface area contributed by atoms with Crippen molar-refractivity contribution in [2.75, 3.05) is 46.6 Å². The molecule has 202 valence electrons. The fourth-order valence-electron chi connectivity index (χ4n) is 5.33. The van der Waals surface area contributed by atoms with Crippen LogP contribution in [-0.2, 0) is 11.2 Å². The summed E-state index contributed by atoms with van der Waals surface area (Å²) >= 11 is 0. The first kappa shape index (κ1) is 24.9. The Morgan fingerprint density at radius 2 is 1.85 bits per heavy atom. The van der Waals surface area contributed by atoms with Crippen molar-refractivity contribution in [1.29, 1.82) is 0 Å². The van der Waals surface area contributed by atoms with Gasteiger partial charge < -0.3 is 33.9 Å². The molecule has 0 saturated heterocycles. The molecule has 0 radical (unpaired) electrons. The maximum Gasteiger partial charge on any atom is 0.258 e. The van der Waals surface area contributed by atoms with Crippen molar-refractivity contribution in [3.8, 4) is 28.7 Å². The van der Waals surface area contributed by atoms with Gasteiger partial charge in [-0.05, 0) is 65.9 Å². The molecule has 1 N–H and O–H groups in total. The number of nitrogens with one attached hydrogen (secondary N) is 1.